The molecule has 0 spiro atoms. The van der Waals surface area contributed by atoms with Crippen molar-refractivity contribution >= 4 is 11.8 Å². The van der Waals surface area contributed by atoms with E-state index in [1.165, 1.54) is 0 Å². The van der Waals surface area contributed by atoms with Crippen LogP contribution in [0, 0.1) is 0 Å². The highest BCUT2D eigenvalue weighted by molar-refractivity contribution is 8.00. The van der Waals surface area contributed by atoms with Crippen molar-refractivity contribution in [3.63, 3.8) is 0 Å². The van der Waals surface area contributed by atoms with Crippen molar-refractivity contribution in [1.29, 1.82) is 0 Å². The number of hydrogen-bond acceptors (Lipinski definition) is 3. The Morgan fingerprint density at radius 3 is 2.91 bits per heavy atom. The molecule has 0 saturated carbocycles. The number of aliphatic hydroxyl groups excluding tert-OH is 1. The second-order valence-electron chi connectivity index (χ2n) is 3.43. The molecule has 4 unspecified atom stereocenters. The van der Waals surface area contributed by atoms with Gasteiger partial charge in [0, 0.05) is 17.6 Å². The Morgan fingerprint density at radius 2 is 2.18 bits per heavy atom. The molecular formula is C8H14O2S. The highest BCUT2D eigenvalue weighted by atomic mass is 32.2. The first kappa shape index (κ1) is 7.90. The lowest BCUT2D eigenvalue weighted by Crippen LogP contribution is -2.25. The van der Waals surface area contributed by atoms with Crippen molar-refractivity contribution in [2.45, 2.75) is 42.0 Å². The standard InChI is InChI=1S/C8H14O2S/c1-10-7-4-6-2-5(9)3-8(7)11-6/h5-9H,2-4H2,1H3. The van der Waals surface area contributed by atoms with E-state index in [1.807, 2.05) is 11.8 Å². The van der Waals surface area contributed by atoms with Gasteiger partial charge >= 0.3 is 0 Å². The summed E-state index contributed by atoms with van der Waals surface area (Å²) in [6, 6.07) is 0. The molecular weight excluding hydrogens is 160 g/mol. The molecule has 0 aromatic rings. The zero-order valence-electron chi connectivity index (χ0n) is 6.69. The molecule has 2 aliphatic heterocycles. The molecule has 2 aliphatic rings. The smallest absolute Gasteiger partial charge is 0.0701 e. The monoisotopic (exact) mass is 174 g/mol. The van der Waals surface area contributed by atoms with Crippen LogP contribution in [-0.4, -0.2) is 34.9 Å². The third kappa shape index (κ3) is 1.42. The molecule has 11 heavy (non-hydrogen) atoms. The third-order valence-corrected chi connectivity index (χ3v) is 4.23. The van der Waals surface area contributed by atoms with Crippen molar-refractivity contribution in [2.75, 3.05) is 7.11 Å². The summed E-state index contributed by atoms with van der Waals surface area (Å²) < 4.78 is 5.34. The molecule has 2 saturated heterocycles. The van der Waals surface area contributed by atoms with Crippen LogP contribution < -0.4 is 0 Å². The van der Waals surface area contributed by atoms with Gasteiger partial charge < -0.3 is 9.84 Å². The molecule has 0 aliphatic carbocycles. The molecule has 3 heteroatoms. The molecule has 2 nitrogen and oxygen atoms in total. The van der Waals surface area contributed by atoms with Crippen LogP contribution in [0.4, 0.5) is 0 Å². The van der Waals surface area contributed by atoms with Gasteiger partial charge in [-0.1, -0.05) is 0 Å². The van der Waals surface area contributed by atoms with E-state index in [-0.39, 0.29) is 6.10 Å². The van der Waals surface area contributed by atoms with Crippen LogP contribution in [0.25, 0.3) is 0 Å². The highest BCUT2D eigenvalue weighted by Crippen LogP contribution is 2.44. The molecule has 4 atom stereocenters. The van der Waals surface area contributed by atoms with Crippen molar-refractivity contribution in [1.82, 2.24) is 0 Å². The van der Waals surface area contributed by atoms with Crippen molar-refractivity contribution < 1.29 is 9.84 Å². The van der Waals surface area contributed by atoms with Crippen LogP contribution in [0.5, 0.6) is 0 Å². The van der Waals surface area contributed by atoms with Gasteiger partial charge in [0.25, 0.3) is 0 Å². The number of fused-ring (bicyclic) bond motifs is 2. The normalized spacial score (nSPS) is 49.6. The van der Waals surface area contributed by atoms with Crippen molar-refractivity contribution in [3.05, 3.63) is 0 Å². The van der Waals surface area contributed by atoms with Crippen LogP contribution in [0.15, 0.2) is 0 Å². The topological polar surface area (TPSA) is 29.5 Å². The lowest BCUT2D eigenvalue weighted by molar-refractivity contribution is 0.0939. The van der Waals surface area contributed by atoms with Crippen LogP contribution in [-0.2, 0) is 4.74 Å². The Hall–Kier alpha value is 0.270. The lowest BCUT2D eigenvalue weighted by Gasteiger charge is -2.24. The lowest BCUT2D eigenvalue weighted by atomic mass is 10.1. The van der Waals surface area contributed by atoms with E-state index in [1.54, 1.807) is 7.11 Å². The summed E-state index contributed by atoms with van der Waals surface area (Å²) in [5.74, 6) is 0. The first-order valence-corrected chi connectivity index (χ1v) is 5.10. The van der Waals surface area contributed by atoms with Crippen LogP contribution in [0.1, 0.15) is 19.3 Å². The number of methoxy groups -OCH3 is 1. The maximum atomic E-state index is 9.43. The first-order chi connectivity index (χ1) is 5.29. The molecule has 0 amide bonds. The van der Waals surface area contributed by atoms with Gasteiger partial charge in [0.05, 0.1) is 12.2 Å². The molecule has 0 aromatic heterocycles. The van der Waals surface area contributed by atoms with Crippen LogP contribution in [0.2, 0.25) is 0 Å². The van der Waals surface area contributed by atoms with E-state index in [2.05, 4.69) is 0 Å². The Kier molecular flexibility index (Phi) is 2.12. The summed E-state index contributed by atoms with van der Waals surface area (Å²) in [6.45, 7) is 0. The number of aliphatic hydroxyl groups is 1. The largest absolute Gasteiger partial charge is 0.393 e. The zero-order valence-corrected chi connectivity index (χ0v) is 7.51. The summed E-state index contributed by atoms with van der Waals surface area (Å²) in [5, 5.41) is 10.7. The Bertz CT molecular complexity index is 151. The van der Waals surface area contributed by atoms with Crippen molar-refractivity contribution in [3.8, 4) is 0 Å². The fourth-order valence-corrected chi connectivity index (χ4v) is 3.94. The van der Waals surface area contributed by atoms with E-state index >= 15 is 0 Å². The highest BCUT2D eigenvalue weighted by Gasteiger charge is 2.41. The minimum absolute atomic E-state index is 0.0635. The Balaban J connectivity index is 2.02. The van der Waals surface area contributed by atoms with E-state index in [9.17, 15) is 5.11 Å². The van der Waals surface area contributed by atoms with Crippen LogP contribution >= 0.6 is 11.8 Å². The predicted molar refractivity (Wildman–Crippen MR) is 45.8 cm³/mol. The van der Waals surface area contributed by atoms with Crippen LogP contribution in [0.3, 0.4) is 0 Å². The van der Waals surface area contributed by atoms with Gasteiger partial charge in [0.1, 0.15) is 0 Å². The summed E-state index contributed by atoms with van der Waals surface area (Å²) in [4.78, 5) is 0. The second kappa shape index (κ2) is 2.96. The molecule has 64 valence electrons. The van der Waals surface area contributed by atoms with Gasteiger partial charge in [0.2, 0.25) is 0 Å². The number of ether oxygens (including phenoxy) is 1. The van der Waals surface area contributed by atoms with Gasteiger partial charge in [-0.3, -0.25) is 0 Å². The quantitative estimate of drug-likeness (QED) is 0.644. The average Bonchev–Trinajstić information content (AvgIpc) is 2.25. The van der Waals surface area contributed by atoms with E-state index in [0.717, 1.165) is 19.3 Å². The fourth-order valence-electron chi connectivity index (χ4n) is 2.08. The van der Waals surface area contributed by atoms with Gasteiger partial charge in [0.15, 0.2) is 0 Å². The summed E-state index contributed by atoms with van der Waals surface area (Å²) in [5.41, 5.74) is 0. The van der Waals surface area contributed by atoms with E-state index in [0.29, 0.717) is 16.6 Å². The predicted octanol–water partition coefficient (Wildman–Crippen LogP) is 1.03. The van der Waals surface area contributed by atoms with Gasteiger partial charge in [-0.05, 0) is 19.3 Å². The maximum Gasteiger partial charge on any atom is 0.0701 e. The SMILES string of the molecule is COC1CC2CC(O)CC1S2. The first-order valence-electron chi connectivity index (χ1n) is 4.16. The fraction of sp³-hybridized carbons (Fsp3) is 1.00. The number of rotatable bonds is 1. The average molecular weight is 174 g/mol. The van der Waals surface area contributed by atoms with Gasteiger partial charge in [-0.15, -0.1) is 0 Å². The molecule has 2 rings (SSSR count). The minimum atomic E-state index is -0.0635. The summed E-state index contributed by atoms with van der Waals surface area (Å²) in [7, 11) is 1.78. The van der Waals surface area contributed by atoms with Gasteiger partial charge in [-0.25, -0.2) is 0 Å². The summed E-state index contributed by atoms with van der Waals surface area (Å²) in [6.07, 6.45) is 3.39. The molecule has 2 bridgehead atoms. The number of hydrogen-bond donors (Lipinski definition) is 1. The Morgan fingerprint density at radius 1 is 1.36 bits per heavy atom. The molecule has 2 fully saturated rings. The molecule has 2 heterocycles. The third-order valence-electron chi connectivity index (χ3n) is 2.62. The molecule has 0 aromatic carbocycles. The van der Waals surface area contributed by atoms with E-state index in [4.69, 9.17) is 4.74 Å². The number of thioether (sulfide) groups is 1. The van der Waals surface area contributed by atoms with Gasteiger partial charge in [-0.2, -0.15) is 11.8 Å². The summed E-state index contributed by atoms with van der Waals surface area (Å²) >= 11 is 2.00. The second-order valence-corrected chi connectivity index (χ2v) is 4.98. The van der Waals surface area contributed by atoms with Crippen molar-refractivity contribution in [2.24, 2.45) is 0 Å². The zero-order chi connectivity index (χ0) is 7.84. The Labute approximate surface area is 71.3 Å². The molecule has 1 N–H and O–H groups in total. The molecule has 0 radical (unpaired) electrons. The minimum Gasteiger partial charge on any atom is -0.393 e. The maximum absolute atomic E-state index is 9.43. The van der Waals surface area contributed by atoms with E-state index < -0.39 is 0 Å².